The second-order valence-electron chi connectivity index (χ2n) is 11.2. The number of likely N-dealkylation sites (tertiary alicyclic amines) is 1. The number of carboxylic acid groups (broad SMARTS) is 1. The van der Waals surface area contributed by atoms with E-state index in [1.54, 1.807) is 6.20 Å². The molecule has 3 aromatic rings. The number of aryl methyl sites for hydroxylation is 3. The monoisotopic (exact) mass is 578 g/mol. The van der Waals surface area contributed by atoms with Crippen LogP contribution >= 0.6 is 0 Å². The van der Waals surface area contributed by atoms with Crippen LogP contribution in [0.25, 0.3) is 0 Å². The van der Waals surface area contributed by atoms with Crippen molar-refractivity contribution in [2.45, 2.75) is 51.2 Å². The van der Waals surface area contributed by atoms with Gasteiger partial charge in [0.25, 0.3) is 0 Å². The van der Waals surface area contributed by atoms with Gasteiger partial charge >= 0.3 is 5.97 Å². The van der Waals surface area contributed by atoms with Gasteiger partial charge in [0, 0.05) is 62.5 Å². The van der Waals surface area contributed by atoms with Crippen LogP contribution in [0, 0.1) is 5.92 Å². The van der Waals surface area contributed by atoms with Crippen molar-refractivity contribution in [2.75, 3.05) is 31.3 Å². The van der Waals surface area contributed by atoms with E-state index in [0.29, 0.717) is 43.0 Å². The molecule has 11 heteroatoms. The second kappa shape index (κ2) is 12.9. The lowest BCUT2D eigenvalue weighted by molar-refractivity contribution is -0.670. The van der Waals surface area contributed by atoms with E-state index in [4.69, 9.17) is 9.47 Å². The molecule has 0 spiro atoms. The number of benzene rings is 1. The van der Waals surface area contributed by atoms with Crippen LogP contribution in [-0.2, 0) is 36.7 Å². The van der Waals surface area contributed by atoms with Crippen LogP contribution in [0.5, 0.6) is 11.5 Å². The SMILES string of the molecule is CCCCN(C(=O)CN1C[C@H](c2cc(CO)c3c(c2)OCO3)[C@@H](C(=O)O)[C@@H]1CCc1nccn1C)c1ccc[n+](C)c1. The molecule has 1 amide bonds. The summed E-state index contributed by atoms with van der Waals surface area (Å²) in [7, 11) is 3.85. The quantitative estimate of drug-likeness (QED) is 0.315. The third kappa shape index (κ3) is 6.12. The lowest BCUT2D eigenvalue weighted by Crippen LogP contribution is -2.45. The molecule has 42 heavy (non-hydrogen) atoms. The van der Waals surface area contributed by atoms with Crippen LogP contribution < -0.4 is 18.9 Å². The second-order valence-corrected chi connectivity index (χ2v) is 11.2. The number of unbranched alkanes of at least 4 members (excludes halogenated alkanes) is 1. The molecule has 0 aliphatic carbocycles. The molecule has 2 aliphatic heterocycles. The first kappa shape index (κ1) is 29.5. The van der Waals surface area contributed by atoms with E-state index >= 15 is 0 Å². The van der Waals surface area contributed by atoms with E-state index in [-0.39, 0.29) is 25.9 Å². The lowest BCUT2D eigenvalue weighted by atomic mass is 9.83. The first-order chi connectivity index (χ1) is 20.3. The number of nitrogens with zero attached hydrogens (tertiary/aromatic N) is 5. The molecule has 1 aromatic carbocycles. The Morgan fingerprint density at radius 1 is 1.26 bits per heavy atom. The number of fused-ring (bicyclic) bond motifs is 1. The maximum atomic E-state index is 14.0. The van der Waals surface area contributed by atoms with Gasteiger partial charge in [0.2, 0.25) is 12.7 Å². The minimum atomic E-state index is -0.916. The highest BCUT2D eigenvalue weighted by Crippen LogP contribution is 2.44. The predicted molar refractivity (Wildman–Crippen MR) is 154 cm³/mol. The molecule has 0 bridgehead atoms. The van der Waals surface area contributed by atoms with E-state index in [9.17, 15) is 19.8 Å². The Bertz CT molecular complexity index is 1420. The number of anilines is 1. The highest BCUT2D eigenvalue weighted by atomic mass is 16.7. The lowest BCUT2D eigenvalue weighted by Gasteiger charge is -2.29. The Kier molecular flexibility index (Phi) is 9.08. The molecular formula is C31H40N5O6+. The number of aliphatic hydroxyl groups is 1. The number of ether oxygens (including phenoxy) is 2. The third-order valence-electron chi connectivity index (χ3n) is 8.40. The molecule has 0 radical (unpaired) electrons. The number of pyridine rings is 1. The number of rotatable bonds is 12. The van der Waals surface area contributed by atoms with Gasteiger partial charge in [-0.2, -0.15) is 0 Å². The van der Waals surface area contributed by atoms with E-state index in [1.807, 2.05) is 75.9 Å². The molecule has 1 fully saturated rings. The maximum Gasteiger partial charge on any atom is 0.308 e. The minimum absolute atomic E-state index is 0.0522. The molecular weight excluding hydrogens is 538 g/mol. The molecule has 0 unspecified atom stereocenters. The van der Waals surface area contributed by atoms with Gasteiger partial charge in [-0.3, -0.25) is 14.5 Å². The first-order valence-electron chi connectivity index (χ1n) is 14.5. The topological polar surface area (TPSA) is 121 Å². The predicted octanol–water partition coefficient (Wildman–Crippen LogP) is 2.40. The Morgan fingerprint density at radius 2 is 2.10 bits per heavy atom. The summed E-state index contributed by atoms with van der Waals surface area (Å²) >= 11 is 0. The van der Waals surface area contributed by atoms with Gasteiger partial charge in [-0.1, -0.05) is 13.3 Å². The number of amides is 1. The standard InChI is InChI=1S/C31H39N5O6/c1-4-5-12-36(23-7-6-11-33(2)16-23)28(38)18-35-17-24(21-14-22(19-37)30-26(15-21)41-20-42-30)29(31(39)40)25(35)8-9-27-32-10-13-34(27)3/h6-7,10-11,13-16,24-25,29,37H,4-5,8-9,12,17-20H2,1-3H3/p+1/t24-,25+,29-/m1/s1. The summed E-state index contributed by atoms with van der Waals surface area (Å²) in [6.45, 7) is 2.94. The van der Waals surface area contributed by atoms with Gasteiger partial charge in [-0.05, 0) is 36.6 Å². The summed E-state index contributed by atoms with van der Waals surface area (Å²) in [5.41, 5.74) is 2.13. The van der Waals surface area contributed by atoms with Gasteiger partial charge in [0.1, 0.15) is 18.6 Å². The van der Waals surface area contributed by atoms with Crippen LogP contribution in [0.4, 0.5) is 5.69 Å². The normalized spacial score (nSPS) is 19.8. The molecule has 2 aromatic heterocycles. The summed E-state index contributed by atoms with van der Waals surface area (Å²) in [4.78, 5) is 35.2. The fraction of sp³-hybridized carbons (Fsp3) is 0.484. The summed E-state index contributed by atoms with van der Waals surface area (Å²) in [5, 5.41) is 20.6. The van der Waals surface area contributed by atoms with Crippen molar-refractivity contribution in [1.82, 2.24) is 14.5 Å². The fourth-order valence-electron chi connectivity index (χ4n) is 6.25. The largest absolute Gasteiger partial charge is 0.481 e. The summed E-state index contributed by atoms with van der Waals surface area (Å²) in [5.74, 6) is -0.316. The number of carbonyl (C=O) groups excluding carboxylic acids is 1. The molecule has 5 rings (SSSR count). The Labute approximate surface area is 245 Å². The van der Waals surface area contributed by atoms with Gasteiger partial charge in [-0.15, -0.1) is 0 Å². The molecule has 224 valence electrons. The first-order valence-corrected chi connectivity index (χ1v) is 14.5. The van der Waals surface area contributed by atoms with Gasteiger partial charge in [0.05, 0.1) is 19.1 Å². The zero-order valence-electron chi connectivity index (χ0n) is 24.5. The Hall–Kier alpha value is -3.96. The Morgan fingerprint density at radius 3 is 2.79 bits per heavy atom. The van der Waals surface area contributed by atoms with Gasteiger partial charge in [0.15, 0.2) is 23.9 Å². The summed E-state index contributed by atoms with van der Waals surface area (Å²) in [6.07, 6.45) is 10.4. The highest BCUT2D eigenvalue weighted by molar-refractivity contribution is 5.94. The zero-order valence-corrected chi connectivity index (χ0v) is 24.5. The van der Waals surface area contributed by atoms with Crippen molar-refractivity contribution >= 4 is 17.6 Å². The van der Waals surface area contributed by atoms with Gasteiger partial charge < -0.3 is 29.2 Å². The maximum absolute atomic E-state index is 14.0. The highest BCUT2D eigenvalue weighted by Gasteiger charge is 2.47. The molecule has 3 atom stereocenters. The average Bonchev–Trinajstić information content (AvgIpc) is 3.70. The molecule has 0 saturated carbocycles. The van der Waals surface area contributed by atoms with Crippen molar-refractivity contribution in [3.8, 4) is 11.5 Å². The van der Waals surface area contributed by atoms with Crippen LogP contribution in [0.3, 0.4) is 0 Å². The number of carboxylic acids is 1. The number of hydrogen-bond acceptors (Lipinski definition) is 7. The van der Waals surface area contributed by atoms with Crippen LogP contribution in [0.15, 0.2) is 49.1 Å². The van der Waals surface area contributed by atoms with E-state index in [2.05, 4.69) is 11.9 Å². The van der Waals surface area contributed by atoms with E-state index in [1.165, 1.54) is 0 Å². The number of aliphatic carboxylic acids is 1. The smallest absolute Gasteiger partial charge is 0.308 e. The van der Waals surface area contributed by atoms with Crippen LogP contribution in [0.2, 0.25) is 0 Å². The summed E-state index contributed by atoms with van der Waals surface area (Å²) < 4.78 is 15.0. The number of aromatic nitrogens is 3. The van der Waals surface area contributed by atoms with Crippen molar-refractivity contribution in [3.05, 3.63) is 66.0 Å². The number of hydrogen-bond donors (Lipinski definition) is 2. The van der Waals surface area contributed by atoms with Crippen molar-refractivity contribution in [1.29, 1.82) is 0 Å². The number of carbonyl (C=O) groups is 2. The molecule has 2 N–H and O–H groups in total. The molecule has 2 aliphatic rings. The molecule has 4 heterocycles. The number of aliphatic hydroxyl groups excluding tert-OH is 1. The van der Waals surface area contributed by atoms with Crippen molar-refractivity contribution in [3.63, 3.8) is 0 Å². The summed E-state index contributed by atoms with van der Waals surface area (Å²) in [6, 6.07) is 7.08. The van der Waals surface area contributed by atoms with Crippen molar-refractivity contribution < 1.29 is 33.8 Å². The van der Waals surface area contributed by atoms with E-state index < -0.39 is 23.8 Å². The zero-order chi connectivity index (χ0) is 29.8. The average molecular weight is 579 g/mol. The third-order valence-corrected chi connectivity index (χ3v) is 8.40. The van der Waals surface area contributed by atoms with Crippen LogP contribution in [-0.4, -0.2) is 69.0 Å². The Balaban J connectivity index is 1.48. The fourth-order valence-corrected chi connectivity index (χ4v) is 6.25. The molecule has 11 nitrogen and oxygen atoms in total. The van der Waals surface area contributed by atoms with Gasteiger partial charge in [-0.25, -0.2) is 9.55 Å². The minimum Gasteiger partial charge on any atom is -0.481 e. The van der Waals surface area contributed by atoms with E-state index in [0.717, 1.165) is 29.9 Å². The van der Waals surface area contributed by atoms with Crippen LogP contribution in [0.1, 0.15) is 49.1 Å². The number of imidazole rings is 1. The molecule has 1 saturated heterocycles. The van der Waals surface area contributed by atoms with Crippen molar-refractivity contribution in [2.24, 2.45) is 20.0 Å².